The summed E-state index contributed by atoms with van der Waals surface area (Å²) in [7, 11) is 0. The monoisotopic (exact) mass is 334 g/mol. The normalized spacial score (nSPS) is 53.9. The van der Waals surface area contributed by atoms with Crippen LogP contribution in [0.15, 0.2) is 0 Å². The van der Waals surface area contributed by atoms with E-state index >= 15 is 0 Å². The standard InChI is InChI=1S/C20H30O4/c1-12(21)20(23)9-6-16-17-15(5-8-19(16,20)3)18(2)7-4-14(22)10-13(18)11-24-17/h13,15-17,23H,4-11H2,1-3H3/t13?,15-,16-,17+,18-,19-,20-/m0/s1. The SMILES string of the molecule is CC(=O)[C@@]1(O)CC[C@H]2[C@@H]3OCC4CC(=O)CC[C@]4(C)[C@H]3CC[C@@]21C. The smallest absolute Gasteiger partial charge is 0.161 e. The van der Waals surface area contributed by atoms with Crippen LogP contribution in [0, 0.1) is 28.6 Å². The van der Waals surface area contributed by atoms with E-state index in [2.05, 4.69) is 13.8 Å². The average Bonchev–Trinajstić information content (AvgIpc) is 2.81. The Bertz CT molecular complexity index is 586. The van der Waals surface area contributed by atoms with Crippen molar-refractivity contribution in [3.05, 3.63) is 0 Å². The second-order valence-electron chi connectivity index (χ2n) is 9.37. The molecule has 7 atom stereocenters. The molecule has 0 amide bonds. The first-order valence-electron chi connectivity index (χ1n) is 9.59. The van der Waals surface area contributed by atoms with Crippen molar-refractivity contribution in [2.45, 2.75) is 77.4 Å². The summed E-state index contributed by atoms with van der Waals surface area (Å²) in [5.41, 5.74) is -1.38. The van der Waals surface area contributed by atoms with Crippen molar-refractivity contribution >= 4 is 11.6 Å². The topological polar surface area (TPSA) is 63.6 Å². The zero-order valence-electron chi connectivity index (χ0n) is 15.1. The molecule has 1 heterocycles. The number of hydrogen-bond donors (Lipinski definition) is 1. The van der Waals surface area contributed by atoms with Gasteiger partial charge < -0.3 is 9.84 Å². The summed E-state index contributed by atoms with van der Waals surface area (Å²) in [5, 5.41) is 11.1. The highest BCUT2D eigenvalue weighted by molar-refractivity contribution is 5.86. The Kier molecular flexibility index (Phi) is 3.58. The number of hydrogen-bond acceptors (Lipinski definition) is 4. The maximum atomic E-state index is 12.2. The van der Waals surface area contributed by atoms with Crippen molar-refractivity contribution in [1.29, 1.82) is 0 Å². The number of aliphatic hydroxyl groups is 1. The fourth-order valence-electron chi connectivity index (χ4n) is 6.80. The summed E-state index contributed by atoms with van der Waals surface area (Å²) in [6, 6.07) is 0. The number of ether oxygens (including phenoxy) is 1. The second-order valence-corrected chi connectivity index (χ2v) is 9.37. The van der Waals surface area contributed by atoms with Crippen molar-refractivity contribution in [2.75, 3.05) is 6.61 Å². The third kappa shape index (κ3) is 1.93. The summed E-state index contributed by atoms with van der Waals surface area (Å²) in [5.74, 6) is 1.34. The molecule has 4 nitrogen and oxygen atoms in total. The number of carbonyl (C=O) groups is 2. The summed E-state index contributed by atoms with van der Waals surface area (Å²) in [4.78, 5) is 24.1. The molecule has 1 N–H and O–H groups in total. The fraction of sp³-hybridized carbons (Fsp3) is 0.900. The molecule has 0 aromatic carbocycles. The summed E-state index contributed by atoms with van der Waals surface area (Å²) in [6.45, 7) is 6.66. The molecule has 0 bridgehead atoms. The van der Waals surface area contributed by atoms with E-state index in [9.17, 15) is 14.7 Å². The molecule has 134 valence electrons. The Hall–Kier alpha value is -0.740. The molecular weight excluding hydrogens is 304 g/mol. The Morgan fingerprint density at radius 2 is 1.88 bits per heavy atom. The molecule has 4 aliphatic rings. The van der Waals surface area contributed by atoms with Crippen LogP contribution < -0.4 is 0 Å². The van der Waals surface area contributed by atoms with Gasteiger partial charge in [-0.15, -0.1) is 0 Å². The van der Waals surface area contributed by atoms with E-state index in [1.54, 1.807) is 0 Å². The largest absolute Gasteiger partial charge is 0.382 e. The molecule has 0 aromatic heterocycles. The number of ketones is 2. The molecule has 4 fully saturated rings. The second kappa shape index (κ2) is 5.14. The van der Waals surface area contributed by atoms with E-state index < -0.39 is 5.60 Å². The molecule has 0 spiro atoms. The lowest BCUT2D eigenvalue weighted by atomic mass is 9.49. The molecule has 1 unspecified atom stereocenters. The van der Waals surface area contributed by atoms with Gasteiger partial charge in [0.2, 0.25) is 0 Å². The van der Waals surface area contributed by atoms with Crippen molar-refractivity contribution in [3.8, 4) is 0 Å². The minimum Gasteiger partial charge on any atom is -0.382 e. The van der Waals surface area contributed by atoms with E-state index in [1.807, 2.05) is 0 Å². The summed E-state index contributed by atoms with van der Waals surface area (Å²) < 4.78 is 6.34. The van der Waals surface area contributed by atoms with Crippen LogP contribution in [0.5, 0.6) is 0 Å². The minimum atomic E-state index is -1.19. The van der Waals surface area contributed by atoms with Gasteiger partial charge in [-0.1, -0.05) is 13.8 Å². The Morgan fingerprint density at radius 3 is 2.58 bits per heavy atom. The lowest BCUT2D eigenvalue weighted by Crippen LogP contribution is -2.61. The Balaban J connectivity index is 1.66. The van der Waals surface area contributed by atoms with Gasteiger partial charge >= 0.3 is 0 Å². The van der Waals surface area contributed by atoms with Gasteiger partial charge in [0.1, 0.15) is 11.4 Å². The van der Waals surface area contributed by atoms with Gasteiger partial charge in [0, 0.05) is 18.3 Å². The van der Waals surface area contributed by atoms with Crippen LogP contribution >= 0.6 is 0 Å². The van der Waals surface area contributed by atoms with Crippen LogP contribution in [0.1, 0.15) is 65.7 Å². The predicted octanol–water partition coefficient (Wildman–Crippen LogP) is 2.91. The summed E-state index contributed by atoms with van der Waals surface area (Å²) >= 11 is 0. The van der Waals surface area contributed by atoms with Crippen molar-refractivity contribution < 1.29 is 19.4 Å². The van der Waals surface area contributed by atoms with Crippen molar-refractivity contribution in [3.63, 3.8) is 0 Å². The molecule has 24 heavy (non-hydrogen) atoms. The number of Topliss-reactive ketones (excluding diaryl/α,β-unsaturated/α-hetero) is 2. The van der Waals surface area contributed by atoms with Gasteiger partial charge in [-0.3, -0.25) is 9.59 Å². The number of carbonyl (C=O) groups excluding carboxylic acids is 2. The average molecular weight is 334 g/mol. The maximum Gasteiger partial charge on any atom is 0.161 e. The van der Waals surface area contributed by atoms with Gasteiger partial charge in [0.25, 0.3) is 0 Å². The molecule has 1 saturated heterocycles. The van der Waals surface area contributed by atoms with E-state index in [0.29, 0.717) is 43.5 Å². The number of fused-ring (bicyclic) bond motifs is 5. The van der Waals surface area contributed by atoms with E-state index in [4.69, 9.17) is 4.74 Å². The Labute approximate surface area is 144 Å². The van der Waals surface area contributed by atoms with E-state index in [1.165, 1.54) is 6.92 Å². The lowest BCUT2D eigenvalue weighted by Gasteiger charge is -2.60. The van der Waals surface area contributed by atoms with Gasteiger partial charge in [-0.05, 0) is 62.2 Å². The third-order valence-corrected chi connectivity index (χ3v) is 8.62. The Morgan fingerprint density at radius 1 is 1.17 bits per heavy atom. The van der Waals surface area contributed by atoms with E-state index in [-0.39, 0.29) is 28.6 Å². The molecule has 3 aliphatic carbocycles. The predicted molar refractivity (Wildman–Crippen MR) is 89.4 cm³/mol. The van der Waals surface area contributed by atoms with Crippen LogP contribution in [-0.2, 0) is 14.3 Å². The molecule has 1 aliphatic heterocycles. The van der Waals surface area contributed by atoms with E-state index in [0.717, 1.165) is 25.7 Å². The van der Waals surface area contributed by atoms with Crippen LogP contribution in [0.2, 0.25) is 0 Å². The zero-order chi connectivity index (χ0) is 17.3. The molecule has 3 saturated carbocycles. The van der Waals surface area contributed by atoms with Crippen molar-refractivity contribution in [1.82, 2.24) is 0 Å². The molecule has 4 heteroatoms. The first-order chi connectivity index (χ1) is 11.2. The highest BCUT2D eigenvalue weighted by Gasteiger charge is 2.66. The van der Waals surface area contributed by atoms with Crippen LogP contribution in [0.4, 0.5) is 0 Å². The first kappa shape index (κ1) is 16.7. The third-order valence-electron chi connectivity index (χ3n) is 8.62. The van der Waals surface area contributed by atoms with Gasteiger partial charge in [0.15, 0.2) is 5.78 Å². The van der Waals surface area contributed by atoms with Crippen molar-refractivity contribution in [2.24, 2.45) is 28.6 Å². The highest BCUT2D eigenvalue weighted by atomic mass is 16.5. The molecular formula is C20H30O4. The van der Waals surface area contributed by atoms with Gasteiger partial charge in [-0.2, -0.15) is 0 Å². The quantitative estimate of drug-likeness (QED) is 0.801. The summed E-state index contributed by atoms with van der Waals surface area (Å²) in [6.07, 6.45) is 5.78. The minimum absolute atomic E-state index is 0.0888. The molecule has 0 radical (unpaired) electrons. The number of rotatable bonds is 1. The zero-order valence-corrected chi connectivity index (χ0v) is 15.1. The fourth-order valence-corrected chi connectivity index (χ4v) is 6.80. The first-order valence-corrected chi connectivity index (χ1v) is 9.59. The lowest BCUT2D eigenvalue weighted by molar-refractivity contribution is -0.217. The van der Waals surface area contributed by atoms with Crippen LogP contribution in [0.25, 0.3) is 0 Å². The van der Waals surface area contributed by atoms with Gasteiger partial charge in [0.05, 0.1) is 12.7 Å². The molecule has 4 rings (SSSR count). The van der Waals surface area contributed by atoms with Crippen LogP contribution in [0.3, 0.4) is 0 Å². The van der Waals surface area contributed by atoms with Crippen LogP contribution in [-0.4, -0.2) is 35.0 Å². The maximum absolute atomic E-state index is 12.2. The highest BCUT2D eigenvalue weighted by Crippen LogP contribution is 2.65. The van der Waals surface area contributed by atoms with Gasteiger partial charge in [-0.25, -0.2) is 0 Å². The molecule has 0 aromatic rings.